The first-order valence-corrected chi connectivity index (χ1v) is 7.02. The van der Waals surface area contributed by atoms with Crippen LogP contribution in [0, 0.1) is 17.8 Å². The number of nitrogens with zero attached hydrogens (tertiary/aromatic N) is 2. The van der Waals surface area contributed by atoms with Crippen molar-refractivity contribution >= 4 is 5.91 Å². The largest absolute Gasteiger partial charge is 0.395 e. The van der Waals surface area contributed by atoms with Crippen molar-refractivity contribution < 1.29 is 9.90 Å². The lowest BCUT2D eigenvalue weighted by atomic mass is 9.85. The zero-order valence-electron chi connectivity index (χ0n) is 11.8. The molecule has 0 atom stereocenters. The van der Waals surface area contributed by atoms with Crippen molar-refractivity contribution in [3.05, 3.63) is 29.6 Å². The van der Waals surface area contributed by atoms with Gasteiger partial charge in [-0.3, -0.25) is 4.79 Å². The van der Waals surface area contributed by atoms with Crippen molar-refractivity contribution in [3.8, 4) is 11.8 Å². The molecule has 0 spiro atoms. The van der Waals surface area contributed by atoms with E-state index in [1.54, 1.807) is 23.2 Å². The second-order valence-corrected chi connectivity index (χ2v) is 5.16. The van der Waals surface area contributed by atoms with Crippen LogP contribution in [-0.2, 0) is 0 Å². The van der Waals surface area contributed by atoms with E-state index >= 15 is 0 Å². The minimum atomic E-state index is -0.0780. The van der Waals surface area contributed by atoms with Crippen LogP contribution < -0.4 is 0 Å². The van der Waals surface area contributed by atoms with Gasteiger partial charge in [0, 0.05) is 26.2 Å². The number of hydrogen-bond acceptors (Lipinski definition) is 3. The Kier molecular flexibility index (Phi) is 5.14. The fraction of sp³-hybridized carbons (Fsp3) is 0.500. The Morgan fingerprint density at radius 2 is 2.35 bits per heavy atom. The molecule has 1 heterocycles. The van der Waals surface area contributed by atoms with Gasteiger partial charge in [-0.1, -0.05) is 18.3 Å². The highest BCUT2D eigenvalue weighted by Gasteiger charge is 2.23. The molecule has 0 aliphatic heterocycles. The Morgan fingerprint density at radius 1 is 1.55 bits per heavy atom. The highest BCUT2D eigenvalue weighted by molar-refractivity contribution is 5.94. The van der Waals surface area contributed by atoms with Crippen molar-refractivity contribution in [3.63, 3.8) is 0 Å². The van der Waals surface area contributed by atoms with E-state index in [9.17, 15) is 4.79 Å². The summed E-state index contributed by atoms with van der Waals surface area (Å²) in [4.78, 5) is 18.3. The zero-order valence-corrected chi connectivity index (χ0v) is 11.8. The summed E-state index contributed by atoms with van der Waals surface area (Å²) in [5.74, 6) is 6.31. The maximum atomic E-state index is 12.4. The van der Waals surface area contributed by atoms with E-state index in [-0.39, 0.29) is 12.5 Å². The van der Waals surface area contributed by atoms with Crippen LogP contribution in [0.15, 0.2) is 18.3 Å². The second kappa shape index (κ2) is 7.06. The van der Waals surface area contributed by atoms with Gasteiger partial charge < -0.3 is 10.0 Å². The topological polar surface area (TPSA) is 53.4 Å². The Balaban J connectivity index is 2.10. The third-order valence-corrected chi connectivity index (χ3v) is 3.57. The Bertz CT molecular complexity index is 527. The SMILES string of the molecule is CN(CC1CCC1)C(=O)c1ncccc1C#CCCO. The third kappa shape index (κ3) is 3.58. The number of carbonyl (C=O) groups is 1. The van der Waals surface area contributed by atoms with E-state index in [1.165, 1.54) is 19.3 Å². The van der Waals surface area contributed by atoms with Crippen LogP contribution in [-0.4, -0.2) is 41.1 Å². The van der Waals surface area contributed by atoms with Crippen LogP contribution >= 0.6 is 0 Å². The smallest absolute Gasteiger partial charge is 0.273 e. The van der Waals surface area contributed by atoms with Gasteiger partial charge in [0.25, 0.3) is 5.91 Å². The van der Waals surface area contributed by atoms with E-state index in [0.29, 0.717) is 23.6 Å². The molecule has 20 heavy (non-hydrogen) atoms. The number of aliphatic hydroxyl groups is 1. The molecule has 0 aromatic carbocycles. The van der Waals surface area contributed by atoms with Crippen LogP contribution in [0.3, 0.4) is 0 Å². The minimum absolute atomic E-state index is 0.0259. The second-order valence-electron chi connectivity index (χ2n) is 5.16. The Morgan fingerprint density at radius 3 is 3.00 bits per heavy atom. The van der Waals surface area contributed by atoms with Crippen LogP contribution in [0.1, 0.15) is 41.7 Å². The predicted octanol–water partition coefficient (Wildman–Crippen LogP) is 1.69. The van der Waals surface area contributed by atoms with Crippen molar-refractivity contribution in [1.29, 1.82) is 0 Å². The highest BCUT2D eigenvalue weighted by Crippen LogP contribution is 2.27. The molecular weight excluding hydrogens is 252 g/mol. The van der Waals surface area contributed by atoms with Crippen molar-refractivity contribution in [2.45, 2.75) is 25.7 Å². The Hall–Kier alpha value is -1.86. The molecular formula is C16H20N2O2. The van der Waals surface area contributed by atoms with E-state index in [4.69, 9.17) is 5.11 Å². The summed E-state index contributed by atoms with van der Waals surface area (Å²) in [6.45, 7) is 0.817. The molecule has 1 aliphatic carbocycles. The number of aliphatic hydroxyl groups excluding tert-OH is 1. The first-order valence-electron chi connectivity index (χ1n) is 7.02. The lowest BCUT2D eigenvalue weighted by Gasteiger charge is -2.30. The lowest BCUT2D eigenvalue weighted by Crippen LogP contribution is -2.35. The average molecular weight is 272 g/mol. The van der Waals surface area contributed by atoms with Gasteiger partial charge in [0.15, 0.2) is 0 Å². The minimum Gasteiger partial charge on any atom is -0.395 e. The van der Waals surface area contributed by atoms with Gasteiger partial charge in [-0.05, 0) is 30.9 Å². The molecule has 0 bridgehead atoms. The first kappa shape index (κ1) is 14.5. The molecule has 2 rings (SSSR count). The maximum absolute atomic E-state index is 12.4. The number of aromatic nitrogens is 1. The molecule has 1 amide bonds. The molecule has 4 heteroatoms. The molecule has 1 aliphatic rings. The molecule has 1 aromatic rings. The van der Waals surface area contributed by atoms with E-state index in [0.717, 1.165) is 6.54 Å². The standard InChI is InChI=1S/C16H20N2O2/c1-18(12-13-6-4-7-13)16(20)15-14(8-2-3-11-19)9-5-10-17-15/h5,9-10,13,19H,3-4,6-7,11-12H2,1H3. The summed E-state index contributed by atoms with van der Waals surface area (Å²) >= 11 is 0. The Labute approximate surface area is 119 Å². The van der Waals surface area contributed by atoms with Crippen LogP contribution in [0.4, 0.5) is 0 Å². The predicted molar refractivity (Wildman–Crippen MR) is 77.1 cm³/mol. The molecule has 1 fully saturated rings. The van der Waals surface area contributed by atoms with Gasteiger partial charge in [0.2, 0.25) is 0 Å². The molecule has 1 aromatic heterocycles. The van der Waals surface area contributed by atoms with E-state index < -0.39 is 0 Å². The summed E-state index contributed by atoms with van der Waals surface area (Å²) in [6.07, 6.45) is 5.71. The maximum Gasteiger partial charge on any atom is 0.273 e. The van der Waals surface area contributed by atoms with Gasteiger partial charge in [-0.2, -0.15) is 0 Å². The molecule has 0 saturated heterocycles. The molecule has 0 unspecified atom stereocenters. The fourth-order valence-corrected chi connectivity index (χ4v) is 2.22. The van der Waals surface area contributed by atoms with Crippen molar-refractivity contribution in [1.82, 2.24) is 9.88 Å². The monoisotopic (exact) mass is 272 g/mol. The van der Waals surface area contributed by atoms with Gasteiger partial charge in [-0.25, -0.2) is 4.98 Å². The third-order valence-electron chi connectivity index (χ3n) is 3.57. The number of pyridine rings is 1. The fourth-order valence-electron chi connectivity index (χ4n) is 2.22. The summed E-state index contributed by atoms with van der Waals surface area (Å²) in [5, 5.41) is 8.75. The molecule has 106 valence electrons. The number of amides is 1. The average Bonchev–Trinajstić information content (AvgIpc) is 2.42. The highest BCUT2D eigenvalue weighted by atomic mass is 16.2. The zero-order chi connectivity index (χ0) is 14.4. The summed E-state index contributed by atoms with van der Waals surface area (Å²) in [7, 11) is 1.82. The molecule has 1 saturated carbocycles. The lowest BCUT2D eigenvalue weighted by molar-refractivity contribution is 0.0739. The van der Waals surface area contributed by atoms with Gasteiger partial charge in [-0.15, -0.1) is 0 Å². The van der Waals surface area contributed by atoms with Crippen LogP contribution in [0.25, 0.3) is 0 Å². The van der Waals surface area contributed by atoms with Crippen molar-refractivity contribution in [2.75, 3.05) is 20.2 Å². The summed E-state index contributed by atoms with van der Waals surface area (Å²) in [5.41, 5.74) is 1.03. The number of carbonyl (C=O) groups excluding carboxylic acids is 1. The number of rotatable bonds is 4. The van der Waals surface area contributed by atoms with Crippen LogP contribution in [0.5, 0.6) is 0 Å². The summed E-state index contributed by atoms with van der Waals surface area (Å²) in [6, 6.07) is 3.56. The van der Waals surface area contributed by atoms with Gasteiger partial charge in [0.05, 0.1) is 12.2 Å². The molecule has 0 radical (unpaired) electrons. The van der Waals surface area contributed by atoms with Gasteiger partial charge >= 0.3 is 0 Å². The number of hydrogen-bond donors (Lipinski definition) is 1. The normalized spacial score (nSPS) is 14.1. The summed E-state index contributed by atoms with van der Waals surface area (Å²) < 4.78 is 0. The van der Waals surface area contributed by atoms with E-state index in [2.05, 4.69) is 16.8 Å². The van der Waals surface area contributed by atoms with E-state index in [1.807, 2.05) is 7.05 Å². The molecule has 1 N–H and O–H groups in total. The van der Waals surface area contributed by atoms with Crippen LogP contribution in [0.2, 0.25) is 0 Å². The van der Waals surface area contributed by atoms with Gasteiger partial charge in [0.1, 0.15) is 5.69 Å². The molecule has 4 nitrogen and oxygen atoms in total. The first-order chi connectivity index (χ1) is 9.72. The van der Waals surface area contributed by atoms with Crippen molar-refractivity contribution in [2.24, 2.45) is 5.92 Å². The quantitative estimate of drug-likeness (QED) is 0.849.